The summed E-state index contributed by atoms with van der Waals surface area (Å²) in [6.07, 6.45) is 7.56. The van der Waals surface area contributed by atoms with Gasteiger partial charge in [-0.2, -0.15) is 4.31 Å². The third-order valence-electron chi connectivity index (χ3n) is 4.31. The van der Waals surface area contributed by atoms with E-state index in [1.54, 1.807) is 6.20 Å². The van der Waals surface area contributed by atoms with Gasteiger partial charge in [-0.1, -0.05) is 17.7 Å². The molecule has 0 bridgehead atoms. The van der Waals surface area contributed by atoms with Crippen LogP contribution in [0.15, 0.2) is 53.8 Å². The molecule has 4 rings (SSSR count). The van der Waals surface area contributed by atoms with Gasteiger partial charge in [0, 0.05) is 42.6 Å². The molecular formula is C17H15ClN4O2S. The lowest BCUT2D eigenvalue weighted by molar-refractivity contribution is 0.441. The van der Waals surface area contributed by atoms with Gasteiger partial charge in [0.05, 0.1) is 0 Å². The largest absolute Gasteiger partial charge is 0.346 e. The molecule has 0 aromatic carbocycles. The minimum absolute atomic E-state index is 0.157. The second-order valence-electron chi connectivity index (χ2n) is 5.76. The predicted octanol–water partition coefficient (Wildman–Crippen LogP) is 3.09. The number of halogens is 1. The number of hydrogen-bond acceptors (Lipinski definition) is 4. The van der Waals surface area contributed by atoms with Crippen molar-refractivity contribution in [2.45, 2.75) is 11.3 Å². The van der Waals surface area contributed by atoms with Gasteiger partial charge in [-0.05, 0) is 36.3 Å². The summed E-state index contributed by atoms with van der Waals surface area (Å²) < 4.78 is 26.9. The van der Waals surface area contributed by atoms with E-state index in [9.17, 15) is 8.42 Å². The molecule has 128 valence electrons. The van der Waals surface area contributed by atoms with Crippen LogP contribution >= 0.6 is 11.6 Å². The lowest BCUT2D eigenvalue weighted by Gasteiger charge is -2.25. The summed E-state index contributed by atoms with van der Waals surface area (Å²) >= 11 is 5.73. The van der Waals surface area contributed by atoms with Crippen molar-refractivity contribution in [2.75, 3.05) is 13.1 Å². The normalized spacial score (nSPS) is 16.1. The molecule has 1 aliphatic rings. The van der Waals surface area contributed by atoms with Crippen LogP contribution in [0, 0.1) is 0 Å². The fourth-order valence-electron chi connectivity index (χ4n) is 3.00. The highest BCUT2D eigenvalue weighted by Gasteiger charge is 2.27. The smallest absolute Gasteiger partial charge is 0.244 e. The molecule has 3 aromatic rings. The Morgan fingerprint density at radius 2 is 2.08 bits per heavy atom. The number of aromatic nitrogens is 3. The molecule has 25 heavy (non-hydrogen) atoms. The molecule has 0 spiro atoms. The summed E-state index contributed by atoms with van der Waals surface area (Å²) in [6, 6.07) is 6.87. The van der Waals surface area contributed by atoms with Crippen LogP contribution in [0.3, 0.4) is 0 Å². The lowest BCUT2D eigenvalue weighted by atomic mass is 10.0. The van der Waals surface area contributed by atoms with Crippen LogP contribution in [0.5, 0.6) is 0 Å². The molecule has 0 fully saturated rings. The SMILES string of the molecule is O=S(=O)(c1ccc(Cl)nc1)N1CC=C(c2c[nH]c3ncccc23)CC1. The van der Waals surface area contributed by atoms with Crippen LogP contribution in [0.2, 0.25) is 5.15 Å². The minimum Gasteiger partial charge on any atom is -0.346 e. The van der Waals surface area contributed by atoms with Crippen LogP contribution in [-0.2, 0) is 10.0 Å². The summed E-state index contributed by atoms with van der Waals surface area (Å²) in [6.45, 7) is 0.747. The Morgan fingerprint density at radius 3 is 2.80 bits per heavy atom. The number of nitrogens with zero attached hydrogens (tertiary/aromatic N) is 3. The number of H-pyrrole nitrogens is 1. The van der Waals surface area contributed by atoms with Crippen LogP contribution in [0.25, 0.3) is 16.6 Å². The topological polar surface area (TPSA) is 79.0 Å². The average molecular weight is 375 g/mol. The van der Waals surface area contributed by atoms with Crippen LogP contribution in [0.1, 0.15) is 12.0 Å². The minimum atomic E-state index is -3.57. The van der Waals surface area contributed by atoms with Crippen molar-refractivity contribution in [1.29, 1.82) is 0 Å². The number of sulfonamides is 1. The van der Waals surface area contributed by atoms with Crippen molar-refractivity contribution < 1.29 is 8.42 Å². The molecule has 8 heteroatoms. The number of pyridine rings is 2. The Labute approximate surface area is 150 Å². The van der Waals surface area contributed by atoms with Crippen LogP contribution in [0.4, 0.5) is 0 Å². The highest BCUT2D eigenvalue weighted by atomic mass is 35.5. The molecule has 1 N–H and O–H groups in total. The van der Waals surface area contributed by atoms with Gasteiger partial charge >= 0.3 is 0 Å². The van der Waals surface area contributed by atoms with E-state index in [1.807, 2.05) is 24.4 Å². The number of nitrogens with one attached hydrogen (secondary N) is 1. The van der Waals surface area contributed by atoms with Gasteiger partial charge in [0.25, 0.3) is 0 Å². The van der Waals surface area contributed by atoms with Crippen molar-refractivity contribution in [3.05, 3.63) is 59.6 Å². The van der Waals surface area contributed by atoms with Gasteiger partial charge in [-0.15, -0.1) is 0 Å². The highest BCUT2D eigenvalue weighted by Crippen LogP contribution is 2.30. The van der Waals surface area contributed by atoms with E-state index in [4.69, 9.17) is 11.6 Å². The second kappa shape index (κ2) is 6.25. The van der Waals surface area contributed by atoms with Gasteiger partial charge in [0.2, 0.25) is 10.0 Å². The van der Waals surface area contributed by atoms with Crippen molar-refractivity contribution in [3.63, 3.8) is 0 Å². The molecule has 0 radical (unpaired) electrons. The average Bonchev–Trinajstić information content (AvgIpc) is 3.06. The van der Waals surface area contributed by atoms with E-state index in [1.165, 1.54) is 22.6 Å². The highest BCUT2D eigenvalue weighted by molar-refractivity contribution is 7.89. The maximum Gasteiger partial charge on any atom is 0.244 e. The fourth-order valence-corrected chi connectivity index (χ4v) is 4.44. The van der Waals surface area contributed by atoms with Crippen LogP contribution < -0.4 is 0 Å². The first kappa shape index (κ1) is 16.3. The van der Waals surface area contributed by atoms with Gasteiger partial charge < -0.3 is 4.98 Å². The maximum atomic E-state index is 12.7. The molecule has 0 aliphatic carbocycles. The number of fused-ring (bicyclic) bond motifs is 1. The zero-order valence-corrected chi connectivity index (χ0v) is 14.8. The molecule has 0 saturated carbocycles. The zero-order chi connectivity index (χ0) is 17.4. The Morgan fingerprint density at radius 1 is 1.20 bits per heavy atom. The standard InChI is InChI=1S/C17H15ClN4O2S/c18-16-4-3-13(10-20-16)25(23,24)22-8-5-12(6-9-22)15-11-21-17-14(15)2-1-7-19-17/h1-5,7,10-11H,6,8-9H2,(H,19,21). The zero-order valence-electron chi connectivity index (χ0n) is 13.2. The predicted molar refractivity (Wildman–Crippen MR) is 96.7 cm³/mol. The van der Waals surface area contributed by atoms with Gasteiger partial charge in [-0.3, -0.25) is 0 Å². The monoisotopic (exact) mass is 374 g/mol. The molecule has 0 atom stereocenters. The van der Waals surface area contributed by atoms with Crippen molar-refractivity contribution >= 4 is 38.2 Å². The molecule has 0 unspecified atom stereocenters. The Kier molecular flexibility index (Phi) is 4.07. The molecule has 4 heterocycles. The fraction of sp³-hybridized carbons (Fsp3) is 0.176. The second-order valence-corrected chi connectivity index (χ2v) is 8.09. The number of hydrogen-bond donors (Lipinski definition) is 1. The molecule has 6 nitrogen and oxygen atoms in total. The number of aromatic amines is 1. The van der Waals surface area contributed by atoms with Gasteiger partial charge in [-0.25, -0.2) is 18.4 Å². The van der Waals surface area contributed by atoms with E-state index in [0.29, 0.717) is 19.5 Å². The summed E-state index contributed by atoms with van der Waals surface area (Å²) in [5.74, 6) is 0. The summed E-state index contributed by atoms with van der Waals surface area (Å²) in [7, 11) is -3.57. The third-order valence-corrected chi connectivity index (χ3v) is 6.38. The van der Waals surface area contributed by atoms with E-state index in [2.05, 4.69) is 15.0 Å². The van der Waals surface area contributed by atoms with E-state index >= 15 is 0 Å². The van der Waals surface area contributed by atoms with Crippen molar-refractivity contribution in [2.24, 2.45) is 0 Å². The Hall–Kier alpha value is -2.22. The number of rotatable bonds is 3. The van der Waals surface area contributed by atoms with Gasteiger partial charge in [0.15, 0.2) is 0 Å². The summed E-state index contributed by atoms with van der Waals surface area (Å²) in [5, 5.41) is 1.32. The summed E-state index contributed by atoms with van der Waals surface area (Å²) in [4.78, 5) is 11.5. The van der Waals surface area contributed by atoms with Gasteiger partial charge in [0.1, 0.15) is 15.7 Å². The third kappa shape index (κ3) is 2.95. The summed E-state index contributed by atoms with van der Waals surface area (Å²) in [5.41, 5.74) is 3.04. The maximum absolute atomic E-state index is 12.7. The Bertz CT molecular complexity index is 1060. The molecule has 3 aromatic heterocycles. The quantitative estimate of drug-likeness (QED) is 0.714. The first-order chi connectivity index (χ1) is 12.1. The van der Waals surface area contributed by atoms with Crippen molar-refractivity contribution in [3.8, 4) is 0 Å². The Balaban J connectivity index is 1.60. The first-order valence-electron chi connectivity index (χ1n) is 7.79. The first-order valence-corrected chi connectivity index (χ1v) is 9.61. The van der Waals surface area contributed by atoms with E-state index in [-0.39, 0.29) is 10.0 Å². The van der Waals surface area contributed by atoms with E-state index in [0.717, 1.165) is 22.2 Å². The lowest BCUT2D eigenvalue weighted by Crippen LogP contribution is -2.34. The molecular weight excluding hydrogens is 360 g/mol. The van der Waals surface area contributed by atoms with E-state index < -0.39 is 10.0 Å². The van der Waals surface area contributed by atoms with Crippen LogP contribution in [-0.4, -0.2) is 40.8 Å². The molecule has 0 amide bonds. The molecule has 1 aliphatic heterocycles. The molecule has 0 saturated heterocycles. The van der Waals surface area contributed by atoms with Crippen molar-refractivity contribution in [1.82, 2.24) is 19.3 Å².